The number of hydrogen-bond donors (Lipinski definition) is 2. The number of imidazole rings is 1. The van der Waals surface area contributed by atoms with Crippen LogP contribution in [-0.2, 0) is 6.54 Å². The first-order valence-corrected chi connectivity index (χ1v) is 7.66. The van der Waals surface area contributed by atoms with Crippen molar-refractivity contribution < 1.29 is 9.59 Å². The molecule has 6 heteroatoms. The highest BCUT2D eigenvalue weighted by Crippen LogP contribution is 2.14. The fourth-order valence-corrected chi connectivity index (χ4v) is 2.65. The molecule has 0 spiro atoms. The number of rotatable bonds is 5. The van der Waals surface area contributed by atoms with Gasteiger partial charge in [-0.05, 0) is 43.3 Å². The van der Waals surface area contributed by atoms with Crippen molar-refractivity contribution in [1.29, 1.82) is 0 Å². The number of nitrogens with zero attached hydrogens (tertiary/aromatic N) is 2. The summed E-state index contributed by atoms with van der Waals surface area (Å²) < 4.78 is 2.08. The second kappa shape index (κ2) is 6.54. The van der Waals surface area contributed by atoms with Crippen molar-refractivity contribution in [2.75, 3.05) is 6.54 Å². The molecule has 2 amide bonds. The van der Waals surface area contributed by atoms with Crippen LogP contribution in [0.4, 0.5) is 0 Å². The predicted octanol–water partition coefficient (Wildman–Crippen LogP) is 1.87. The fourth-order valence-electron chi connectivity index (χ4n) is 2.65. The Labute approximate surface area is 139 Å². The number of benzene rings is 2. The summed E-state index contributed by atoms with van der Waals surface area (Å²) in [5.41, 5.74) is 8.06. The van der Waals surface area contributed by atoms with Crippen molar-refractivity contribution in [3.8, 4) is 0 Å². The number of nitrogens with one attached hydrogen (secondary N) is 1. The standard InChI is InChI=1S/C18H18N4O2/c1-12-21-15-4-2-3-5-16(15)22(12)11-10-20-18(24)14-8-6-13(7-9-14)17(19)23/h2-9H,10-11H2,1H3,(H2,19,23)(H,20,24). The van der Waals surface area contributed by atoms with Gasteiger partial charge in [0.15, 0.2) is 0 Å². The average Bonchev–Trinajstić information content (AvgIpc) is 2.90. The summed E-state index contributed by atoms with van der Waals surface area (Å²) in [5, 5.41) is 2.87. The Morgan fingerprint density at radius 1 is 1.08 bits per heavy atom. The molecule has 1 aromatic heterocycles. The van der Waals surface area contributed by atoms with Gasteiger partial charge in [0, 0.05) is 24.2 Å². The summed E-state index contributed by atoms with van der Waals surface area (Å²) in [5.74, 6) is 0.216. The van der Waals surface area contributed by atoms with E-state index in [2.05, 4.69) is 14.9 Å². The average molecular weight is 322 g/mol. The van der Waals surface area contributed by atoms with Crippen molar-refractivity contribution >= 4 is 22.8 Å². The molecule has 0 saturated carbocycles. The van der Waals surface area contributed by atoms with Crippen LogP contribution in [0.3, 0.4) is 0 Å². The maximum Gasteiger partial charge on any atom is 0.251 e. The highest BCUT2D eigenvalue weighted by Gasteiger charge is 2.09. The van der Waals surface area contributed by atoms with E-state index in [9.17, 15) is 9.59 Å². The van der Waals surface area contributed by atoms with Crippen molar-refractivity contribution in [2.45, 2.75) is 13.5 Å². The van der Waals surface area contributed by atoms with Crippen molar-refractivity contribution in [3.05, 3.63) is 65.5 Å². The van der Waals surface area contributed by atoms with Gasteiger partial charge in [0.05, 0.1) is 11.0 Å². The number of aromatic nitrogens is 2. The number of primary amides is 1. The van der Waals surface area contributed by atoms with Crippen LogP contribution in [0.15, 0.2) is 48.5 Å². The molecule has 2 aromatic carbocycles. The smallest absolute Gasteiger partial charge is 0.251 e. The number of carbonyl (C=O) groups excluding carboxylic acids is 2. The molecule has 0 bridgehead atoms. The van der Waals surface area contributed by atoms with Crippen LogP contribution < -0.4 is 11.1 Å². The molecular formula is C18H18N4O2. The molecule has 1 heterocycles. The van der Waals surface area contributed by atoms with Crippen LogP contribution in [0.5, 0.6) is 0 Å². The van der Waals surface area contributed by atoms with E-state index in [1.54, 1.807) is 24.3 Å². The normalized spacial score (nSPS) is 10.7. The van der Waals surface area contributed by atoms with Gasteiger partial charge in [0.2, 0.25) is 5.91 Å². The second-order valence-corrected chi connectivity index (χ2v) is 5.50. The number of carbonyl (C=O) groups is 2. The zero-order chi connectivity index (χ0) is 17.1. The number of fused-ring (bicyclic) bond motifs is 1. The van der Waals surface area contributed by atoms with Crippen LogP contribution >= 0.6 is 0 Å². The van der Waals surface area contributed by atoms with Gasteiger partial charge >= 0.3 is 0 Å². The lowest BCUT2D eigenvalue weighted by molar-refractivity contribution is 0.0949. The first-order valence-electron chi connectivity index (χ1n) is 7.66. The summed E-state index contributed by atoms with van der Waals surface area (Å²) in [4.78, 5) is 27.7. The van der Waals surface area contributed by atoms with E-state index < -0.39 is 5.91 Å². The molecule has 0 radical (unpaired) electrons. The Bertz CT molecular complexity index is 897. The Morgan fingerprint density at radius 3 is 2.46 bits per heavy atom. The molecule has 6 nitrogen and oxygen atoms in total. The lowest BCUT2D eigenvalue weighted by Crippen LogP contribution is -2.27. The molecule has 0 aliphatic heterocycles. The van der Waals surface area contributed by atoms with Crippen LogP contribution in [-0.4, -0.2) is 27.9 Å². The third-order valence-electron chi connectivity index (χ3n) is 3.90. The Morgan fingerprint density at radius 2 is 1.75 bits per heavy atom. The molecule has 0 fully saturated rings. The van der Waals surface area contributed by atoms with E-state index in [0.29, 0.717) is 24.2 Å². The van der Waals surface area contributed by atoms with Gasteiger partial charge in [-0.15, -0.1) is 0 Å². The lowest BCUT2D eigenvalue weighted by Gasteiger charge is -2.09. The molecule has 3 rings (SSSR count). The van der Waals surface area contributed by atoms with E-state index in [1.165, 1.54) is 0 Å². The molecule has 122 valence electrons. The Balaban J connectivity index is 1.64. The third-order valence-corrected chi connectivity index (χ3v) is 3.90. The topological polar surface area (TPSA) is 90.0 Å². The minimum atomic E-state index is -0.510. The number of aryl methyl sites for hydroxylation is 1. The first kappa shape index (κ1) is 15.7. The van der Waals surface area contributed by atoms with Crippen LogP contribution in [0.1, 0.15) is 26.5 Å². The molecule has 0 saturated heterocycles. The number of nitrogens with two attached hydrogens (primary N) is 1. The maximum absolute atomic E-state index is 12.2. The van der Waals surface area contributed by atoms with E-state index in [-0.39, 0.29) is 5.91 Å². The summed E-state index contributed by atoms with van der Waals surface area (Å²) in [7, 11) is 0. The minimum Gasteiger partial charge on any atom is -0.366 e. The number of amides is 2. The quantitative estimate of drug-likeness (QED) is 0.751. The highest BCUT2D eigenvalue weighted by molar-refractivity contribution is 5.97. The molecule has 0 aliphatic rings. The van der Waals surface area contributed by atoms with Crippen molar-refractivity contribution in [1.82, 2.24) is 14.9 Å². The summed E-state index contributed by atoms with van der Waals surface area (Å²) in [6.45, 7) is 3.07. The number of para-hydroxylation sites is 2. The molecule has 0 aliphatic carbocycles. The largest absolute Gasteiger partial charge is 0.366 e. The fraction of sp³-hybridized carbons (Fsp3) is 0.167. The van der Waals surface area contributed by atoms with Gasteiger partial charge in [-0.1, -0.05) is 12.1 Å². The van der Waals surface area contributed by atoms with E-state index in [0.717, 1.165) is 16.9 Å². The molecule has 24 heavy (non-hydrogen) atoms. The maximum atomic E-state index is 12.2. The van der Waals surface area contributed by atoms with Gasteiger partial charge in [0.25, 0.3) is 5.91 Å². The molecule has 3 N–H and O–H groups in total. The van der Waals surface area contributed by atoms with Gasteiger partial charge in [0.1, 0.15) is 5.82 Å². The van der Waals surface area contributed by atoms with Gasteiger partial charge in [-0.2, -0.15) is 0 Å². The third kappa shape index (κ3) is 3.12. The number of hydrogen-bond acceptors (Lipinski definition) is 3. The summed E-state index contributed by atoms with van der Waals surface area (Å²) in [6.07, 6.45) is 0. The highest BCUT2D eigenvalue weighted by atomic mass is 16.2. The minimum absolute atomic E-state index is 0.187. The second-order valence-electron chi connectivity index (χ2n) is 5.50. The summed E-state index contributed by atoms with van der Waals surface area (Å²) >= 11 is 0. The van der Waals surface area contributed by atoms with Gasteiger partial charge in [-0.3, -0.25) is 9.59 Å². The van der Waals surface area contributed by atoms with Crippen LogP contribution in [0.2, 0.25) is 0 Å². The summed E-state index contributed by atoms with van der Waals surface area (Å²) in [6, 6.07) is 14.2. The predicted molar refractivity (Wildman–Crippen MR) is 91.8 cm³/mol. The van der Waals surface area contributed by atoms with Crippen molar-refractivity contribution in [3.63, 3.8) is 0 Å². The zero-order valence-corrected chi connectivity index (χ0v) is 13.3. The first-order chi connectivity index (χ1) is 11.6. The van der Waals surface area contributed by atoms with Crippen molar-refractivity contribution in [2.24, 2.45) is 5.73 Å². The van der Waals surface area contributed by atoms with Gasteiger partial charge in [-0.25, -0.2) is 4.98 Å². The Kier molecular flexibility index (Phi) is 4.29. The van der Waals surface area contributed by atoms with E-state index in [1.807, 2.05) is 31.2 Å². The zero-order valence-electron chi connectivity index (χ0n) is 13.3. The monoisotopic (exact) mass is 322 g/mol. The Hall–Kier alpha value is -3.15. The van der Waals surface area contributed by atoms with Gasteiger partial charge < -0.3 is 15.6 Å². The molecular weight excluding hydrogens is 304 g/mol. The molecule has 3 aromatic rings. The van der Waals surface area contributed by atoms with Crippen LogP contribution in [0, 0.1) is 6.92 Å². The molecule has 0 atom stereocenters. The molecule has 0 unspecified atom stereocenters. The van der Waals surface area contributed by atoms with Crippen LogP contribution in [0.25, 0.3) is 11.0 Å². The van der Waals surface area contributed by atoms with E-state index in [4.69, 9.17) is 5.73 Å². The van der Waals surface area contributed by atoms with E-state index >= 15 is 0 Å². The SMILES string of the molecule is Cc1nc2ccccc2n1CCNC(=O)c1ccc(C(N)=O)cc1. The lowest BCUT2D eigenvalue weighted by atomic mass is 10.1.